The van der Waals surface area contributed by atoms with Crippen LogP contribution in [-0.2, 0) is 0 Å². The van der Waals surface area contributed by atoms with Gasteiger partial charge in [-0.3, -0.25) is 4.99 Å². The lowest BCUT2D eigenvalue weighted by molar-refractivity contribution is 0.415. The number of methoxy groups -OCH3 is 1. The maximum absolute atomic E-state index is 5.13. The molecule has 0 aliphatic rings. The first-order chi connectivity index (χ1) is 8.56. The molecule has 0 aromatic heterocycles. The van der Waals surface area contributed by atoms with Crippen molar-refractivity contribution in [3.8, 4) is 5.75 Å². The number of benzene rings is 1. The van der Waals surface area contributed by atoms with Crippen LogP contribution in [0.1, 0.15) is 12.5 Å². The van der Waals surface area contributed by atoms with E-state index in [1.54, 1.807) is 14.2 Å². The van der Waals surface area contributed by atoms with Gasteiger partial charge < -0.3 is 9.64 Å². The summed E-state index contributed by atoms with van der Waals surface area (Å²) in [7, 11) is 7.46. The summed E-state index contributed by atoms with van der Waals surface area (Å²) in [4.78, 5) is 10.9. The summed E-state index contributed by atoms with van der Waals surface area (Å²) in [5.74, 6) is 1.58. The van der Waals surface area contributed by atoms with E-state index in [1.165, 1.54) is 0 Å². The van der Waals surface area contributed by atoms with Crippen LogP contribution in [0.15, 0.2) is 34.3 Å². The third-order valence-electron chi connectivity index (χ3n) is 2.40. The predicted octanol–water partition coefficient (Wildman–Crippen LogP) is 2.09. The van der Waals surface area contributed by atoms with Gasteiger partial charge in [0, 0.05) is 24.9 Å². The zero-order valence-corrected chi connectivity index (χ0v) is 11.8. The highest BCUT2D eigenvalue weighted by molar-refractivity contribution is 6.06. The van der Waals surface area contributed by atoms with E-state index >= 15 is 0 Å². The normalized spacial score (nSPS) is 13.0. The van der Waals surface area contributed by atoms with E-state index in [1.807, 2.05) is 45.3 Å². The molecule has 0 N–H and O–H groups in total. The van der Waals surface area contributed by atoms with E-state index < -0.39 is 0 Å². The summed E-state index contributed by atoms with van der Waals surface area (Å²) < 4.78 is 5.13. The van der Waals surface area contributed by atoms with Crippen LogP contribution in [0.5, 0.6) is 5.75 Å². The van der Waals surface area contributed by atoms with Crippen LogP contribution in [0.2, 0.25) is 0 Å². The summed E-state index contributed by atoms with van der Waals surface area (Å²) in [6.07, 6.45) is 0. The molecule has 0 saturated carbocycles. The van der Waals surface area contributed by atoms with Gasteiger partial charge in [-0.2, -0.15) is 0 Å². The monoisotopic (exact) mass is 247 g/mol. The van der Waals surface area contributed by atoms with Gasteiger partial charge in [0.2, 0.25) is 0 Å². The summed E-state index contributed by atoms with van der Waals surface area (Å²) in [5, 5.41) is 0. The van der Waals surface area contributed by atoms with Gasteiger partial charge in [0.15, 0.2) is 5.84 Å². The molecule has 4 nitrogen and oxygen atoms in total. The molecule has 98 valence electrons. The number of rotatable bonds is 4. The fourth-order valence-electron chi connectivity index (χ4n) is 1.66. The highest BCUT2D eigenvalue weighted by atomic mass is 16.5. The largest absolute Gasteiger partial charge is 0.497 e. The van der Waals surface area contributed by atoms with Crippen LogP contribution >= 0.6 is 0 Å². The Balaban J connectivity index is 2.89. The molecule has 0 unspecified atom stereocenters. The molecule has 1 aromatic carbocycles. The molecule has 0 radical (unpaired) electrons. The fourth-order valence-corrected chi connectivity index (χ4v) is 1.66. The van der Waals surface area contributed by atoms with Crippen molar-refractivity contribution in [1.82, 2.24) is 4.90 Å². The fraction of sp³-hybridized carbons (Fsp3) is 0.429. The van der Waals surface area contributed by atoms with Crippen LogP contribution in [-0.4, -0.2) is 51.2 Å². The van der Waals surface area contributed by atoms with Gasteiger partial charge in [0.25, 0.3) is 0 Å². The highest BCUT2D eigenvalue weighted by Gasteiger charge is 2.03. The highest BCUT2D eigenvalue weighted by Crippen LogP contribution is 2.12. The molecule has 0 heterocycles. The molecule has 0 amide bonds. The summed E-state index contributed by atoms with van der Waals surface area (Å²) in [6, 6.07) is 7.76. The molecule has 0 aliphatic carbocycles. The molecular weight excluding hydrogens is 226 g/mol. The third kappa shape index (κ3) is 4.30. The molecule has 0 saturated heterocycles. The van der Waals surface area contributed by atoms with Gasteiger partial charge >= 0.3 is 0 Å². The van der Waals surface area contributed by atoms with Crippen molar-refractivity contribution in [2.24, 2.45) is 9.98 Å². The predicted molar refractivity (Wildman–Crippen MR) is 77.1 cm³/mol. The Bertz CT molecular complexity index is 433. The van der Waals surface area contributed by atoms with Crippen LogP contribution in [0, 0.1) is 0 Å². The van der Waals surface area contributed by atoms with Gasteiger partial charge in [-0.15, -0.1) is 0 Å². The summed E-state index contributed by atoms with van der Waals surface area (Å²) in [5.41, 5.74) is 2.04. The molecular formula is C14H21N3O. The van der Waals surface area contributed by atoms with Gasteiger partial charge in [-0.1, -0.05) is 0 Å². The second-order valence-electron chi connectivity index (χ2n) is 4.36. The van der Waals surface area contributed by atoms with Crippen molar-refractivity contribution in [2.45, 2.75) is 6.92 Å². The summed E-state index contributed by atoms with van der Waals surface area (Å²) in [6.45, 7) is 2.84. The number of aliphatic imine (C=N–C) groups is 2. The SMILES string of the molecule is CN=C(N=C(C)CN(C)C)c1ccc(OC)cc1. The van der Waals surface area contributed by atoms with E-state index in [2.05, 4.69) is 14.9 Å². The van der Waals surface area contributed by atoms with Crippen molar-refractivity contribution in [3.63, 3.8) is 0 Å². The minimum Gasteiger partial charge on any atom is -0.497 e. The number of nitrogens with zero attached hydrogens (tertiary/aromatic N) is 3. The molecule has 0 fully saturated rings. The third-order valence-corrected chi connectivity index (χ3v) is 2.40. The Morgan fingerprint density at radius 3 is 2.28 bits per heavy atom. The van der Waals surface area contributed by atoms with Gasteiger partial charge in [0.1, 0.15) is 5.75 Å². The maximum Gasteiger partial charge on any atom is 0.154 e. The molecule has 0 bridgehead atoms. The smallest absolute Gasteiger partial charge is 0.154 e. The lowest BCUT2D eigenvalue weighted by atomic mass is 10.2. The molecule has 18 heavy (non-hydrogen) atoms. The minimum atomic E-state index is 0.747. The zero-order valence-electron chi connectivity index (χ0n) is 11.8. The number of hydrogen-bond donors (Lipinski definition) is 0. The average molecular weight is 247 g/mol. The van der Waals surface area contributed by atoms with E-state index in [9.17, 15) is 0 Å². The van der Waals surface area contributed by atoms with E-state index in [-0.39, 0.29) is 0 Å². The first-order valence-corrected chi connectivity index (χ1v) is 5.87. The molecule has 4 heteroatoms. The van der Waals surface area contributed by atoms with E-state index in [0.29, 0.717) is 0 Å². The van der Waals surface area contributed by atoms with Gasteiger partial charge in [0.05, 0.1) is 7.11 Å². The van der Waals surface area contributed by atoms with Crippen LogP contribution < -0.4 is 4.74 Å². The van der Waals surface area contributed by atoms with Crippen molar-refractivity contribution in [1.29, 1.82) is 0 Å². The van der Waals surface area contributed by atoms with Crippen LogP contribution in [0.25, 0.3) is 0 Å². The summed E-state index contributed by atoms with van der Waals surface area (Å²) >= 11 is 0. The van der Waals surface area contributed by atoms with E-state index in [0.717, 1.165) is 29.4 Å². The van der Waals surface area contributed by atoms with Crippen molar-refractivity contribution in [3.05, 3.63) is 29.8 Å². The topological polar surface area (TPSA) is 37.2 Å². The van der Waals surface area contributed by atoms with Crippen molar-refractivity contribution >= 4 is 11.5 Å². The second-order valence-corrected chi connectivity index (χ2v) is 4.36. The molecule has 1 aromatic rings. The quantitative estimate of drug-likeness (QED) is 0.603. The van der Waals surface area contributed by atoms with Crippen LogP contribution in [0.4, 0.5) is 0 Å². The van der Waals surface area contributed by atoms with Crippen molar-refractivity contribution < 1.29 is 4.74 Å². The minimum absolute atomic E-state index is 0.747. The Hall–Kier alpha value is -1.68. The first-order valence-electron chi connectivity index (χ1n) is 5.87. The maximum atomic E-state index is 5.13. The lowest BCUT2D eigenvalue weighted by Crippen LogP contribution is -2.20. The molecule has 1 rings (SSSR count). The number of amidine groups is 1. The average Bonchev–Trinajstić information content (AvgIpc) is 2.35. The zero-order chi connectivity index (χ0) is 13.5. The first kappa shape index (κ1) is 14.4. The Labute approximate surface area is 109 Å². The molecule has 0 aliphatic heterocycles. The van der Waals surface area contributed by atoms with Crippen molar-refractivity contribution in [2.75, 3.05) is 34.8 Å². The Morgan fingerprint density at radius 2 is 1.83 bits per heavy atom. The van der Waals surface area contributed by atoms with Crippen LogP contribution in [0.3, 0.4) is 0 Å². The Morgan fingerprint density at radius 1 is 1.22 bits per heavy atom. The van der Waals surface area contributed by atoms with Gasteiger partial charge in [-0.05, 0) is 45.3 Å². The molecule has 0 atom stereocenters. The molecule has 0 spiro atoms. The lowest BCUT2D eigenvalue weighted by Gasteiger charge is -2.09. The number of hydrogen-bond acceptors (Lipinski definition) is 3. The van der Waals surface area contributed by atoms with E-state index in [4.69, 9.17) is 4.74 Å². The number of ether oxygens (including phenoxy) is 1. The second kappa shape index (κ2) is 6.91. The Kier molecular flexibility index (Phi) is 5.52. The standard InChI is InChI=1S/C14H21N3O/c1-11(10-17(3)4)16-14(15-2)12-6-8-13(18-5)9-7-12/h6-9H,10H2,1-5H3. The van der Waals surface area contributed by atoms with Gasteiger partial charge in [-0.25, -0.2) is 4.99 Å².